The van der Waals surface area contributed by atoms with Crippen molar-refractivity contribution < 1.29 is 38.9 Å². The highest BCUT2D eigenvalue weighted by atomic mass is 16.5. The van der Waals surface area contributed by atoms with Crippen molar-refractivity contribution in [1.82, 2.24) is 20.6 Å². The summed E-state index contributed by atoms with van der Waals surface area (Å²) in [4.78, 5) is 60.4. The predicted molar refractivity (Wildman–Crippen MR) is 167 cm³/mol. The fraction of sp³-hybridized carbons (Fsp3) is 0.235. The van der Waals surface area contributed by atoms with Gasteiger partial charge in [-0.15, -0.1) is 0 Å². The van der Waals surface area contributed by atoms with E-state index in [0.29, 0.717) is 22.5 Å². The van der Waals surface area contributed by atoms with Crippen molar-refractivity contribution in [2.24, 2.45) is 0 Å². The number of phenolic OH excluding ortho intramolecular Hbond substituents is 2. The molecule has 12 heteroatoms. The maximum atomic E-state index is 13.2. The Morgan fingerprint density at radius 2 is 1.00 bits per heavy atom. The summed E-state index contributed by atoms with van der Waals surface area (Å²) < 4.78 is 10.3. The third kappa shape index (κ3) is 9.11. The van der Waals surface area contributed by atoms with Gasteiger partial charge in [0.25, 0.3) is 11.8 Å². The lowest BCUT2D eigenvalue weighted by molar-refractivity contribution is -0.146. The molecule has 2 heterocycles. The highest BCUT2D eigenvalue weighted by Gasteiger charge is 2.25. The fourth-order valence-electron chi connectivity index (χ4n) is 4.51. The molecule has 4 rings (SSSR count). The molecular formula is C34H34N4O8. The van der Waals surface area contributed by atoms with Gasteiger partial charge in [0.15, 0.2) is 0 Å². The summed E-state index contributed by atoms with van der Waals surface area (Å²) in [6, 6.07) is 16.5. The van der Waals surface area contributed by atoms with Gasteiger partial charge in [0, 0.05) is 36.4 Å². The molecule has 0 aliphatic rings. The first-order chi connectivity index (χ1) is 22.2. The number of benzene rings is 2. The normalized spacial score (nSPS) is 12.0. The van der Waals surface area contributed by atoms with Crippen LogP contribution < -0.4 is 10.6 Å². The first kappa shape index (κ1) is 33.1. The smallest absolute Gasteiger partial charge is 0.328 e. The number of phenols is 2. The van der Waals surface area contributed by atoms with Gasteiger partial charge in [-0.25, -0.2) is 9.59 Å². The minimum absolute atomic E-state index is 0.0767. The van der Waals surface area contributed by atoms with Crippen LogP contribution in [0.5, 0.6) is 11.5 Å². The molecule has 2 aromatic heterocycles. The quantitative estimate of drug-likeness (QED) is 0.161. The second-order valence-corrected chi connectivity index (χ2v) is 10.2. The number of hydrogen-bond donors (Lipinski definition) is 4. The first-order valence-electron chi connectivity index (χ1n) is 14.6. The number of amides is 2. The van der Waals surface area contributed by atoms with Crippen LogP contribution in [0, 0.1) is 0 Å². The van der Waals surface area contributed by atoms with Crippen LogP contribution in [0.1, 0.15) is 45.7 Å². The maximum absolute atomic E-state index is 13.2. The molecule has 0 spiro atoms. The van der Waals surface area contributed by atoms with Gasteiger partial charge >= 0.3 is 11.9 Å². The second-order valence-electron chi connectivity index (χ2n) is 10.2. The van der Waals surface area contributed by atoms with E-state index in [-0.39, 0.29) is 48.7 Å². The Hall–Kier alpha value is -5.78. The second kappa shape index (κ2) is 15.8. The number of esters is 2. The predicted octanol–water partition coefficient (Wildman–Crippen LogP) is 3.36. The summed E-state index contributed by atoms with van der Waals surface area (Å²) in [7, 11) is 0. The standard InChI is InChI=1S/C34H34N4O8/c1-3-45-33(43)29(17-21-5-9-25(39)10-6-21)37-31(41)23-13-15-35-27(19-23)28-20-24(14-16-36-28)32(42)38-30(34(44)46-4-2)18-22-7-11-26(40)12-8-22/h5-16,19-20,29-30,39-40H,3-4,17-18H2,1-2H3,(H,37,41)(H,38,42)/t29-,30-/m0/s1. The number of carbonyl (C=O) groups excluding carboxylic acids is 4. The number of hydrogen-bond acceptors (Lipinski definition) is 10. The average Bonchev–Trinajstić information content (AvgIpc) is 3.06. The maximum Gasteiger partial charge on any atom is 0.328 e. The summed E-state index contributed by atoms with van der Waals surface area (Å²) >= 11 is 0. The van der Waals surface area contributed by atoms with Crippen LogP contribution in [0.4, 0.5) is 0 Å². The Kier molecular flexibility index (Phi) is 11.4. The molecular weight excluding hydrogens is 592 g/mol. The summed E-state index contributed by atoms with van der Waals surface area (Å²) in [5, 5.41) is 24.6. The van der Waals surface area contributed by atoms with E-state index in [1.807, 2.05) is 0 Å². The van der Waals surface area contributed by atoms with Crippen LogP contribution in [0.2, 0.25) is 0 Å². The number of nitrogens with one attached hydrogen (secondary N) is 2. The van der Waals surface area contributed by atoms with E-state index in [1.165, 1.54) is 60.9 Å². The van der Waals surface area contributed by atoms with Crippen molar-refractivity contribution in [3.63, 3.8) is 0 Å². The van der Waals surface area contributed by atoms with E-state index >= 15 is 0 Å². The van der Waals surface area contributed by atoms with Gasteiger partial charge in [-0.05, 0) is 73.5 Å². The number of aromatic nitrogens is 2. The number of carbonyl (C=O) groups is 4. The molecule has 46 heavy (non-hydrogen) atoms. The lowest BCUT2D eigenvalue weighted by atomic mass is 10.0. The molecule has 2 aromatic carbocycles. The Morgan fingerprint density at radius 3 is 1.35 bits per heavy atom. The third-order valence-electron chi connectivity index (χ3n) is 6.81. The lowest BCUT2D eigenvalue weighted by Crippen LogP contribution is -2.43. The number of rotatable bonds is 13. The Labute approximate surface area is 265 Å². The molecule has 2 amide bonds. The summed E-state index contributed by atoms with van der Waals surface area (Å²) in [6.45, 7) is 3.60. The molecule has 0 bridgehead atoms. The largest absolute Gasteiger partial charge is 0.508 e. The van der Waals surface area contributed by atoms with Crippen LogP contribution in [0.3, 0.4) is 0 Å². The summed E-state index contributed by atoms with van der Waals surface area (Å²) in [5.41, 5.74) is 2.38. The van der Waals surface area contributed by atoms with E-state index < -0.39 is 35.8 Å². The molecule has 4 N–H and O–H groups in total. The highest BCUT2D eigenvalue weighted by Crippen LogP contribution is 2.19. The van der Waals surface area contributed by atoms with Gasteiger partial charge in [-0.1, -0.05) is 24.3 Å². The molecule has 0 unspecified atom stereocenters. The minimum Gasteiger partial charge on any atom is -0.508 e. The zero-order valence-electron chi connectivity index (χ0n) is 25.3. The van der Waals surface area contributed by atoms with E-state index in [2.05, 4.69) is 20.6 Å². The van der Waals surface area contributed by atoms with E-state index in [0.717, 1.165) is 0 Å². The van der Waals surface area contributed by atoms with Crippen LogP contribution in [0.25, 0.3) is 11.4 Å². The van der Waals surface area contributed by atoms with E-state index in [9.17, 15) is 29.4 Å². The molecule has 0 radical (unpaired) electrons. The molecule has 0 saturated carbocycles. The molecule has 12 nitrogen and oxygen atoms in total. The first-order valence-corrected chi connectivity index (χ1v) is 14.6. The molecule has 0 fully saturated rings. The van der Waals surface area contributed by atoms with Crippen molar-refractivity contribution in [2.45, 2.75) is 38.8 Å². The zero-order valence-corrected chi connectivity index (χ0v) is 25.3. The van der Waals surface area contributed by atoms with Gasteiger partial charge in [-0.2, -0.15) is 0 Å². The number of aromatic hydroxyl groups is 2. The average molecular weight is 627 g/mol. The molecule has 0 aliphatic carbocycles. The highest BCUT2D eigenvalue weighted by molar-refractivity contribution is 5.99. The van der Waals surface area contributed by atoms with E-state index in [1.54, 1.807) is 38.1 Å². The Bertz CT molecular complexity index is 1550. The fourth-order valence-corrected chi connectivity index (χ4v) is 4.51. The van der Waals surface area contributed by atoms with Crippen LogP contribution in [0.15, 0.2) is 85.2 Å². The minimum atomic E-state index is -0.993. The monoisotopic (exact) mass is 626 g/mol. The van der Waals surface area contributed by atoms with Gasteiger partial charge in [0.1, 0.15) is 23.6 Å². The van der Waals surface area contributed by atoms with Gasteiger partial charge < -0.3 is 30.3 Å². The van der Waals surface area contributed by atoms with Crippen molar-refractivity contribution in [3.05, 3.63) is 107 Å². The molecule has 238 valence electrons. The molecule has 0 saturated heterocycles. The number of nitrogens with zero attached hydrogens (tertiary/aromatic N) is 2. The van der Waals surface area contributed by atoms with Crippen LogP contribution >= 0.6 is 0 Å². The summed E-state index contributed by atoms with van der Waals surface area (Å²) in [6.07, 6.45) is 3.10. The van der Waals surface area contributed by atoms with Crippen molar-refractivity contribution in [3.8, 4) is 22.9 Å². The topological polar surface area (TPSA) is 177 Å². The van der Waals surface area contributed by atoms with E-state index in [4.69, 9.17) is 9.47 Å². The molecule has 4 aromatic rings. The molecule has 2 atom stereocenters. The van der Waals surface area contributed by atoms with Gasteiger partial charge in [0.2, 0.25) is 0 Å². The Morgan fingerprint density at radius 1 is 0.630 bits per heavy atom. The van der Waals surface area contributed by atoms with Gasteiger partial charge in [-0.3, -0.25) is 19.6 Å². The van der Waals surface area contributed by atoms with Crippen LogP contribution in [-0.2, 0) is 31.9 Å². The van der Waals surface area contributed by atoms with Crippen molar-refractivity contribution in [2.75, 3.05) is 13.2 Å². The van der Waals surface area contributed by atoms with Crippen LogP contribution in [-0.4, -0.2) is 69.2 Å². The SMILES string of the molecule is CCOC(=O)[C@H](Cc1ccc(O)cc1)NC(=O)c1ccnc(-c2cc(C(=O)N[C@@H](Cc3ccc(O)cc3)C(=O)OCC)ccn2)c1. The van der Waals surface area contributed by atoms with Crippen molar-refractivity contribution >= 4 is 23.8 Å². The lowest BCUT2D eigenvalue weighted by Gasteiger charge is -2.18. The zero-order chi connectivity index (χ0) is 33.1. The number of pyridine rings is 2. The van der Waals surface area contributed by atoms with Crippen molar-refractivity contribution in [1.29, 1.82) is 0 Å². The third-order valence-corrected chi connectivity index (χ3v) is 6.81. The Balaban J connectivity index is 1.50. The summed E-state index contributed by atoms with van der Waals surface area (Å²) in [5.74, 6) is -2.17. The number of ether oxygens (including phenoxy) is 2. The van der Waals surface area contributed by atoms with Gasteiger partial charge in [0.05, 0.1) is 24.6 Å². The molecule has 0 aliphatic heterocycles.